The Hall–Kier alpha value is -1.89. The van der Waals surface area contributed by atoms with E-state index < -0.39 is 11.8 Å². The molecule has 0 bridgehead atoms. The third kappa shape index (κ3) is 2.25. The van der Waals surface area contributed by atoms with E-state index in [0.29, 0.717) is 11.0 Å². The molecular formula is C16H13BrFN3O2. The van der Waals surface area contributed by atoms with Crippen LogP contribution in [0.4, 0.5) is 4.39 Å². The zero-order valence-electron chi connectivity index (χ0n) is 12.0. The van der Waals surface area contributed by atoms with Crippen LogP contribution in [0.2, 0.25) is 0 Å². The molecule has 4 rings (SSSR count). The largest absolute Gasteiger partial charge is 0.350 e. The van der Waals surface area contributed by atoms with Crippen LogP contribution >= 0.6 is 15.9 Å². The van der Waals surface area contributed by atoms with Crippen molar-refractivity contribution in [3.8, 4) is 0 Å². The molecule has 7 heteroatoms. The molecule has 23 heavy (non-hydrogen) atoms. The van der Waals surface area contributed by atoms with Gasteiger partial charge in [-0.25, -0.2) is 4.39 Å². The summed E-state index contributed by atoms with van der Waals surface area (Å²) in [5.41, 5.74) is 1.52. The van der Waals surface area contributed by atoms with E-state index in [2.05, 4.69) is 31.2 Å². The normalized spacial score (nSPS) is 32.2. The lowest BCUT2D eigenvalue weighted by atomic mass is 9.68. The van der Waals surface area contributed by atoms with Crippen molar-refractivity contribution in [3.63, 3.8) is 0 Å². The van der Waals surface area contributed by atoms with Gasteiger partial charge in [0.05, 0.1) is 35.4 Å². The maximum atomic E-state index is 13.6. The summed E-state index contributed by atoms with van der Waals surface area (Å²) in [6, 6.07) is 4.32. The molecule has 1 aromatic carbocycles. The molecule has 0 radical (unpaired) electrons. The van der Waals surface area contributed by atoms with Crippen LogP contribution in [0.5, 0.6) is 0 Å². The third-order valence-electron chi connectivity index (χ3n) is 4.72. The molecule has 1 amide bonds. The zero-order chi connectivity index (χ0) is 16.1. The molecule has 4 unspecified atom stereocenters. The number of hydrogen-bond donors (Lipinski definition) is 1. The number of rotatable bonds is 1. The number of ketones is 1. The summed E-state index contributed by atoms with van der Waals surface area (Å²) >= 11 is 3.19. The third-order valence-corrected chi connectivity index (χ3v) is 5.33. The molecule has 0 spiro atoms. The quantitative estimate of drug-likeness (QED) is 0.805. The monoisotopic (exact) mass is 377 g/mol. The summed E-state index contributed by atoms with van der Waals surface area (Å²) in [6.45, 7) is 0.507. The van der Waals surface area contributed by atoms with Crippen molar-refractivity contribution < 1.29 is 14.0 Å². The average Bonchev–Trinajstić information content (AvgIpc) is 2.90. The molecule has 3 heterocycles. The second-order valence-electron chi connectivity index (χ2n) is 5.99. The number of carbonyl (C=O) groups excluding carboxylic acids is 2. The first-order valence-corrected chi connectivity index (χ1v) is 8.17. The number of benzene rings is 1. The lowest BCUT2D eigenvalue weighted by Gasteiger charge is -2.38. The SMILES string of the molecule is O=C1NCC2=NC3C=NCC(=O)C3C(c3ccc(F)c(Br)c3)C12. The van der Waals surface area contributed by atoms with Gasteiger partial charge in [-0.05, 0) is 33.6 Å². The van der Waals surface area contributed by atoms with Crippen LogP contribution in [0.1, 0.15) is 11.5 Å². The van der Waals surface area contributed by atoms with E-state index in [-0.39, 0.29) is 36.0 Å². The van der Waals surface area contributed by atoms with Gasteiger partial charge in [0.1, 0.15) is 5.82 Å². The summed E-state index contributed by atoms with van der Waals surface area (Å²) in [5.74, 6) is -1.76. The number of hydrogen-bond acceptors (Lipinski definition) is 4. The highest BCUT2D eigenvalue weighted by Gasteiger charge is 2.50. The Kier molecular flexibility index (Phi) is 3.41. The lowest BCUT2D eigenvalue weighted by molar-refractivity contribution is -0.125. The fraction of sp³-hybridized carbons (Fsp3) is 0.375. The zero-order valence-corrected chi connectivity index (χ0v) is 13.6. The first-order chi connectivity index (χ1) is 11.1. The number of halogens is 2. The van der Waals surface area contributed by atoms with Crippen LogP contribution in [-0.2, 0) is 9.59 Å². The van der Waals surface area contributed by atoms with Gasteiger partial charge in [0.25, 0.3) is 0 Å². The van der Waals surface area contributed by atoms with Crippen molar-refractivity contribution in [2.75, 3.05) is 13.1 Å². The Labute approximate surface area is 140 Å². The average molecular weight is 378 g/mol. The van der Waals surface area contributed by atoms with E-state index in [4.69, 9.17) is 0 Å². The Morgan fingerprint density at radius 2 is 2.09 bits per heavy atom. The van der Waals surface area contributed by atoms with E-state index in [1.807, 2.05) is 0 Å². The summed E-state index contributed by atoms with van der Waals surface area (Å²) in [7, 11) is 0. The van der Waals surface area contributed by atoms with Crippen molar-refractivity contribution in [2.24, 2.45) is 21.8 Å². The molecule has 3 aliphatic heterocycles. The van der Waals surface area contributed by atoms with Gasteiger partial charge in [0.15, 0.2) is 5.78 Å². The van der Waals surface area contributed by atoms with E-state index in [0.717, 1.165) is 11.3 Å². The van der Waals surface area contributed by atoms with E-state index in [1.165, 1.54) is 6.07 Å². The highest BCUT2D eigenvalue weighted by Crippen LogP contribution is 2.43. The fourth-order valence-corrected chi connectivity index (χ4v) is 4.13. The van der Waals surface area contributed by atoms with Crippen molar-refractivity contribution in [1.82, 2.24) is 5.32 Å². The maximum Gasteiger partial charge on any atom is 0.229 e. The van der Waals surface area contributed by atoms with Gasteiger partial charge in [-0.15, -0.1) is 0 Å². The Morgan fingerprint density at radius 3 is 2.87 bits per heavy atom. The summed E-state index contributed by atoms with van der Waals surface area (Å²) in [6.07, 6.45) is 1.70. The molecule has 0 saturated carbocycles. The highest BCUT2D eigenvalue weighted by molar-refractivity contribution is 9.10. The van der Waals surface area contributed by atoms with Gasteiger partial charge in [0, 0.05) is 17.8 Å². The van der Waals surface area contributed by atoms with E-state index in [1.54, 1.807) is 18.3 Å². The van der Waals surface area contributed by atoms with Crippen molar-refractivity contribution >= 4 is 39.5 Å². The molecule has 5 nitrogen and oxygen atoms in total. The van der Waals surface area contributed by atoms with Crippen LogP contribution in [0.3, 0.4) is 0 Å². The van der Waals surface area contributed by atoms with Crippen LogP contribution in [0.15, 0.2) is 32.7 Å². The van der Waals surface area contributed by atoms with Gasteiger partial charge in [-0.2, -0.15) is 0 Å². The van der Waals surface area contributed by atoms with Gasteiger partial charge in [-0.3, -0.25) is 19.6 Å². The highest BCUT2D eigenvalue weighted by atomic mass is 79.9. The van der Waals surface area contributed by atoms with Gasteiger partial charge >= 0.3 is 0 Å². The van der Waals surface area contributed by atoms with Crippen LogP contribution in [0.25, 0.3) is 0 Å². The number of carbonyl (C=O) groups is 2. The first kappa shape index (κ1) is 14.7. The number of fused-ring (bicyclic) bond motifs is 2. The van der Waals surface area contributed by atoms with Crippen LogP contribution in [0, 0.1) is 17.7 Å². The van der Waals surface area contributed by atoms with Gasteiger partial charge in [0.2, 0.25) is 5.91 Å². The van der Waals surface area contributed by atoms with E-state index in [9.17, 15) is 14.0 Å². The molecule has 1 N–H and O–H groups in total. The second kappa shape index (κ2) is 5.33. The minimum atomic E-state index is -0.468. The standard InChI is InChI=1S/C16H13BrFN3O2/c17-8-3-7(1-2-9(8)18)13-14-10(4-19-6-12(14)22)21-11-5-20-16(23)15(11)13/h1-4,10,13-15H,5-6H2,(H,20,23). The molecule has 0 aliphatic carbocycles. The maximum absolute atomic E-state index is 13.6. The molecule has 1 saturated heterocycles. The predicted octanol–water partition coefficient (Wildman–Crippen LogP) is 1.51. The molecule has 4 atom stereocenters. The molecular weight excluding hydrogens is 365 g/mol. The Morgan fingerprint density at radius 1 is 1.26 bits per heavy atom. The van der Waals surface area contributed by atoms with Crippen molar-refractivity contribution in [3.05, 3.63) is 34.1 Å². The topological polar surface area (TPSA) is 70.9 Å². The second-order valence-corrected chi connectivity index (χ2v) is 6.84. The number of Topliss-reactive ketones (excluding diaryl/α,β-unsaturated/α-hetero) is 1. The van der Waals surface area contributed by atoms with Gasteiger partial charge < -0.3 is 5.32 Å². The molecule has 1 aromatic rings. The van der Waals surface area contributed by atoms with Crippen LogP contribution in [-0.4, -0.2) is 42.7 Å². The number of nitrogens with one attached hydrogen (secondary N) is 1. The number of aliphatic imine (C=N–C) groups is 2. The molecule has 3 aliphatic rings. The minimum Gasteiger partial charge on any atom is -0.350 e. The van der Waals surface area contributed by atoms with E-state index >= 15 is 0 Å². The number of nitrogens with zero attached hydrogens (tertiary/aromatic N) is 2. The molecule has 0 aromatic heterocycles. The van der Waals surface area contributed by atoms with Crippen LogP contribution < -0.4 is 5.32 Å². The summed E-state index contributed by atoms with van der Waals surface area (Å²) < 4.78 is 13.9. The summed E-state index contributed by atoms with van der Waals surface area (Å²) in [5, 5.41) is 2.80. The van der Waals surface area contributed by atoms with Gasteiger partial charge in [-0.1, -0.05) is 6.07 Å². The Bertz CT molecular complexity index is 777. The predicted molar refractivity (Wildman–Crippen MR) is 86.4 cm³/mol. The molecule has 118 valence electrons. The lowest BCUT2D eigenvalue weighted by Crippen LogP contribution is -2.47. The Balaban J connectivity index is 1.87. The van der Waals surface area contributed by atoms with Crippen molar-refractivity contribution in [2.45, 2.75) is 12.0 Å². The fourth-order valence-electron chi connectivity index (χ4n) is 3.73. The minimum absolute atomic E-state index is 0.0227. The summed E-state index contributed by atoms with van der Waals surface area (Å²) in [4.78, 5) is 33.4. The first-order valence-electron chi connectivity index (χ1n) is 7.38. The smallest absolute Gasteiger partial charge is 0.229 e. The molecule has 1 fully saturated rings. The number of amides is 1. The van der Waals surface area contributed by atoms with Crippen molar-refractivity contribution in [1.29, 1.82) is 0 Å².